The SMILES string of the molecule is O=C(CC1N=C(c2ccc(Cl)cc2)N(Cc2c(F)cccc2F)C1=O)NCc1ccccc1C(F)(F)F. The van der Waals surface area contributed by atoms with E-state index < -0.39 is 60.7 Å². The van der Waals surface area contributed by atoms with Gasteiger partial charge >= 0.3 is 6.18 Å². The van der Waals surface area contributed by atoms with Gasteiger partial charge in [-0.05, 0) is 48.0 Å². The Labute approximate surface area is 213 Å². The van der Waals surface area contributed by atoms with E-state index in [-0.39, 0.29) is 17.0 Å². The van der Waals surface area contributed by atoms with Crippen molar-refractivity contribution in [3.05, 3.63) is 106 Å². The van der Waals surface area contributed by atoms with Gasteiger partial charge in [0.15, 0.2) is 0 Å². The number of nitrogens with one attached hydrogen (secondary N) is 1. The van der Waals surface area contributed by atoms with Crippen molar-refractivity contribution in [1.82, 2.24) is 10.2 Å². The number of amidine groups is 1. The van der Waals surface area contributed by atoms with Gasteiger partial charge in [0.1, 0.15) is 23.5 Å². The molecule has 11 heteroatoms. The van der Waals surface area contributed by atoms with Crippen LogP contribution in [0.3, 0.4) is 0 Å². The molecule has 5 nitrogen and oxygen atoms in total. The maximum Gasteiger partial charge on any atom is 0.416 e. The highest BCUT2D eigenvalue weighted by Crippen LogP contribution is 2.32. The third-order valence-corrected chi connectivity index (χ3v) is 5.99. The summed E-state index contributed by atoms with van der Waals surface area (Å²) in [7, 11) is 0. The van der Waals surface area contributed by atoms with Crippen LogP contribution in [0.2, 0.25) is 5.02 Å². The van der Waals surface area contributed by atoms with Crippen LogP contribution in [0.15, 0.2) is 71.7 Å². The minimum absolute atomic E-state index is 0.0875. The number of aliphatic imine (C=N–C) groups is 1. The third-order valence-electron chi connectivity index (χ3n) is 5.74. The van der Waals surface area contributed by atoms with Crippen molar-refractivity contribution in [2.24, 2.45) is 4.99 Å². The van der Waals surface area contributed by atoms with Crippen molar-refractivity contribution in [2.75, 3.05) is 0 Å². The fraction of sp³-hybridized carbons (Fsp3) is 0.192. The summed E-state index contributed by atoms with van der Waals surface area (Å²) in [5.74, 6) is -3.02. The number of alkyl halides is 3. The zero-order valence-electron chi connectivity index (χ0n) is 19.0. The van der Waals surface area contributed by atoms with E-state index in [1.54, 1.807) is 24.3 Å². The normalized spacial score (nSPS) is 15.6. The van der Waals surface area contributed by atoms with Crippen LogP contribution in [0.25, 0.3) is 0 Å². The Morgan fingerprint density at radius 2 is 1.62 bits per heavy atom. The number of benzene rings is 3. The lowest BCUT2D eigenvalue weighted by Gasteiger charge is -2.20. The summed E-state index contributed by atoms with van der Waals surface area (Å²) in [6.07, 6.45) is -5.07. The van der Waals surface area contributed by atoms with Gasteiger partial charge < -0.3 is 5.32 Å². The molecule has 1 unspecified atom stereocenters. The van der Waals surface area contributed by atoms with Crippen molar-refractivity contribution in [3.8, 4) is 0 Å². The predicted molar refractivity (Wildman–Crippen MR) is 127 cm³/mol. The molecule has 0 aliphatic carbocycles. The van der Waals surface area contributed by atoms with Gasteiger partial charge in [-0.3, -0.25) is 19.5 Å². The molecule has 2 amide bonds. The molecule has 0 saturated carbocycles. The van der Waals surface area contributed by atoms with E-state index in [1.807, 2.05) is 0 Å². The largest absolute Gasteiger partial charge is 0.416 e. The average molecular weight is 536 g/mol. The number of hydrogen-bond acceptors (Lipinski definition) is 3. The van der Waals surface area contributed by atoms with Crippen LogP contribution in [0.1, 0.15) is 28.7 Å². The van der Waals surface area contributed by atoms with E-state index in [9.17, 15) is 31.5 Å². The number of halogens is 6. The molecule has 1 aliphatic heterocycles. The molecule has 37 heavy (non-hydrogen) atoms. The summed E-state index contributed by atoms with van der Waals surface area (Å²) >= 11 is 5.93. The highest BCUT2D eigenvalue weighted by molar-refractivity contribution is 6.30. The molecule has 0 fully saturated rings. The molecule has 0 saturated heterocycles. The van der Waals surface area contributed by atoms with E-state index in [2.05, 4.69) is 10.3 Å². The molecule has 0 aromatic heterocycles. The fourth-order valence-corrected chi connectivity index (χ4v) is 4.03. The number of hydrogen-bond donors (Lipinski definition) is 1. The van der Waals surface area contributed by atoms with Gasteiger partial charge in [-0.25, -0.2) is 8.78 Å². The molecule has 0 bridgehead atoms. The first-order chi connectivity index (χ1) is 17.5. The van der Waals surface area contributed by atoms with Crippen LogP contribution in [-0.2, 0) is 28.9 Å². The Morgan fingerprint density at radius 3 is 2.27 bits per heavy atom. The first-order valence-corrected chi connectivity index (χ1v) is 11.4. The molecule has 1 atom stereocenters. The fourth-order valence-electron chi connectivity index (χ4n) is 3.91. The van der Waals surface area contributed by atoms with Gasteiger partial charge in [-0.15, -0.1) is 0 Å². The van der Waals surface area contributed by atoms with Crippen LogP contribution in [0.4, 0.5) is 22.0 Å². The van der Waals surface area contributed by atoms with Crippen LogP contribution >= 0.6 is 11.6 Å². The topological polar surface area (TPSA) is 61.8 Å². The molecule has 0 radical (unpaired) electrons. The van der Waals surface area contributed by atoms with Gasteiger partial charge in [0.2, 0.25) is 5.91 Å². The Balaban J connectivity index is 1.54. The highest BCUT2D eigenvalue weighted by atomic mass is 35.5. The number of carbonyl (C=O) groups is 2. The minimum atomic E-state index is -4.59. The van der Waals surface area contributed by atoms with Gasteiger partial charge in [0.25, 0.3) is 5.91 Å². The number of amides is 2. The molecular formula is C26H19ClF5N3O2. The number of nitrogens with zero attached hydrogens (tertiary/aromatic N) is 2. The summed E-state index contributed by atoms with van der Waals surface area (Å²) in [6.45, 7) is -0.886. The quantitative estimate of drug-likeness (QED) is 0.406. The van der Waals surface area contributed by atoms with Gasteiger partial charge in [-0.1, -0.05) is 35.9 Å². The van der Waals surface area contributed by atoms with Crippen molar-refractivity contribution in [2.45, 2.75) is 31.7 Å². The summed E-state index contributed by atoms with van der Waals surface area (Å²) < 4.78 is 68.3. The van der Waals surface area contributed by atoms with E-state index in [1.165, 1.54) is 24.3 Å². The van der Waals surface area contributed by atoms with Crippen molar-refractivity contribution in [3.63, 3.8) is 0 Å². The molecule has 1 N–H and O–H groups in total. The van der Waals surface area contributed by atoms with E-state index >= 15 is 0 Å². The van der Waals surface area contributed by atoms with Crippen LogP contribution in [0, 0.1) is 11.6 Å². The third kappa shape index (κ3) is 5.96. The molecular weight excluding hydrogens is 517 g/mol. The van der Waals surface area contributed by atoms with Crippen molar-refractivity contribution >= 4 is 29.3 Å². The Hall–Kier alpha value is -3.79. The first-order valence-electron chi connectivity index (χ1n) is 11.0. The summed E-state index contributed by atoms with van der Waals surface area (Å²) in [5, 5.41) is 2.80. The lowest BCUT2D eigenvalue weighted by molar-refractivity contribution is -0.138. The minimum Gasteiger partial charge on any atom is -0.352 e. The van der Waals surface area contributed by atoms with Gasteiger partial charge in [0, 0.05) is 22.7 Å². The van der Waals surface area contributed by atoms with Gasteiger partial charge in [-0.2, -0.15) is 13.2 Å². The maximum absolute atomic E-state index is 14.3. The summed E-state index contributed by atoms with van der Waals surface area (Å²) in [5.41, 5.74) is -0.945. The van der Waals surface area contributed by atoms with Gasteiger partial charge in [0.05, 0.1) is 18.5 Å². The molecule has 4 rings (SSSR count). The lowest BCUT2D eigenvalue weighted by Crippen LogP contribution is -2.37. The van der Waals surface area contributed by atoms with Crippen molar-refractivity contribution in [1.29, 1.82) is 0 Å². The Kier molecular flexibility index (Phi) is 7.58. The first kappa shape index (κ1) is 26.3. The second kappa shape index (κ2) is 10.7. The van der Waals surface area contributed by atoms with Crippen LogP contribution in [0.5, 0.6) is 0 Å². The Morgan fingerprint density at radius 1 is 0.973 bits per heavy atom. The van der Waals surface area contributed by atoms with E-state index in [4.69, 9.17) is 11.6 Å². The van der Waals surface area contributed by atoms with Crippen molar-refractivity contribution < 1.29 is 31.5 Å². The number of rotatable bonds is 7. The van der Waals surface area contributed by atoms with Crippen LogP contribution in [-0.4, -0.2) is 28.6 Å². The highest BCUT2D eigenvalue weighted by Gasteiger charge is 2.37. The standard InChI is InChI=1S/C26H19ClF5N3O2/c27-17-10-8-15(9-11-17)24-34-22(25(37)35(24)14-18-20(28)6-3-7-21(18)29)12-23(36)33-13-16-4-1-2-5-19(16)26(30,31)32/h1-11,22H,12-14H2,(H,33,36). The predicted octanol–water partition coefficient (Wildman–Crippen LogP) is 5.50. The smallest absolute Gasteiger partial charge is 0.352 e. The second-order valence-electron chi connectivity index (χ2n) is 8.24. The summed E-state index contributed by atoms with van der Waals surface area (Å²) in [6, 6.07) is 13.1. The molecule has 3 aromatic carbocycles. The van der Waals surface area contributed by atoms with Crippen LogP contribution < -0.4 is 5.32 Å². The number of carbonyl (C=O) groups excluding carboxylic acids is 2. The second-order valence-corrected chi connectivity index (χ2v) is 8.67. The molecule has 1 aliphatic rings. The molecule has 192 valence electrons. The zero-order valence-corrected chi connectivity index (χ0v) is 19.8. The maximum atomic E-state index is 14.3. The molecule has 0 spiro atoms. The lowest BCUT2D eigenvalue weighted by atomic mass is 10.1. The molecule has 3 aromatic rings. The molecule has 1 heterocycles. The monoisotopic (exact) mass is 535 g/mol. The van der Waals surface area contributed by atoms with E-state index in [0.717, 1.165) is 23.1 Å². The van der Waals surface area contributed by atoms with E-state index in [0.29, 0.717) is 10.6 Å². The average Bonchev–Trinajstić information content (AvgIpc) is 3.15. The Bertz CT molecular complexity index is 1340. The summed E-state index contributed by atoms with van der Waals surface area (Å²) in [4.78, 5) is 31.2. The zero-order chi connectivity index (χ0) is 26.7.